The summed E-state index contributed by atoms with van der Waals surface area (Å²) in [5.41, 5.74) is 8.59. The molecule has 0 radical (unpaired) electrons. The van der Waals surface area contributed by atoms with Crippen molar-refractivity contribution in [2.75, 3.05) is 18.4 Å². The van der Waals surface area contributed by atoms with Gasteiger partial charge in [0.05, 0.1) is 17.4 Å². The first-order valence-corrected chi connectivity index (χ1v) is 9.79. The third kappa shape index (κ3) is 3.93. The number of primary amides is 1. The normalized spacial score (nSPS) is 18.5. The second kappa shape index (κ2) is 8.06. The summed E-state index contributed by atoms with van der Waals surface area (Å²) in [5.74, 6) is -0.447. The van der Waals surface area contributed by atoms with Crippen LogP contribution < -0.4 is 16.6 Å². The van der Waals surface area contributed by atoms with Crippen molar-refractivity contribution in [2.45, 2.75) is 19.6 Å². The molecule has 0 spiro atoms. The zero-order chi connectivity index (χ0) is 21.3. The Morgan fingerprint density at radius 3 is 2.80 bits per heavy atom. The van der Waals surface area contributed by atoms with Gasteiger partial charge in [0.15, 0.2) is 13.5 Å². The van der Waals surface area contributed by atoms with Crippen molar-refractivity contribution >= 4 is 36.8 Å². The van der Waals surface area contributed by atoms with Crippen molar-refractivity contribution in [3.8, 4) is 0 Å². The molecule has 0 unspecified atom stereocenters. The number of benzene rings is 1. The van der Waals surface area contributed by atoms with E-state index in [1.807, 2.05) is 45.1 Å². The molecule has 4 rings (SSSR count). The Morgan fingerprint density at radius 2 is 2.07 bits per heavy atom. The number of nitrogens with two attached hydrogens (primary N) is 1. The van der Waals surface area contributed by atoms with Crippen molar-refractivity contribution in [3.05, 3.63) is 53.9 Å². The zero-order valence-corrected chi connectivity index (χ0v) is 16.9. The molecule has 3 aromatic rings. The number of carbonyl (C=O) groups excluding carboxylic acids is 2. The van der Waals surface area contributed by atoms with Crippen molar-refractivity contribution in [2.24, 2.45) is 11.7 Å². The predicted molar refractivity (Wildman–Crippen MR) is 114 cm³/mol. The van der Waals surface area contributed by atoms with Gasteiger partial charge < -0.3 is 20.7 Å². The van der Waals surface area contributed by atoms with Crippen LogP contribution in [0.5, 0.6) is 0 Å². The van der Waals surface area contributed by atoms with E-state index in [9.17, 15) is 9.59 Å². The number of nitrogens with one attached hydrogen (secondary N) is 1. The molecule has 1 aliphatic heterocycles. The maximum Gasteiger partial charge on any atom is 0.410 e. The Kier molecular flexibility index (Phi) is 5.30. The summed E-state index contributed by atoms with van der Waals surface area (Å²) >= 11 is 0. The van der Waals surface area contributed by atoms with E-state index in [-0.39, 0.29) is 30.2 Å². The quantitative estimate of drug-likeness (QED) is 0.584. The van der Waals surface area contributed by atoms with E-state index in [0.29, 0.717) is 24.4 Å². The monoisotopic (exact) mass is 406 g/mol. The molecule has 0 aliphatic carbocycles. The van der Waals surface area contributed by atoms with Crippen LogP contribution in [-0.2, 0) is 11.3 Å². The molecular weight excluding hydrogens is 383 g/mol. The highest BCUT2D eigenvalue weighted by Crippen LogP contribution is 2.26. The Bertz CT molecular complexity index is 1090. The smallest absolute Gasteiger partial charge is 0.410 e. The molecule has 3 heterocycles. The summed E-state index contributed by atoms with van der Waals surface area (Å²) < 4.78 is 7.06. The van der Waals surface area contributed by atoms with Crippen LogP contribution in [0.25, 0.3) is 5.65 Å². The number of anilines is 1. The van der Waals surface area contributed by atoms with Gasteiger partial charge in [-0.1, -0.05) is 37.3 Å². The van der Waals surface area contributed by atoms with Crippen molar-refractivity contribution in [1.29, 1.82) is 0 Å². The summed E-state index contributed by atoms with van der Waals surface area (Å²) in [7, 11) is 1.85. The Morgan fingerprint density at radius 1 is 1.30 bits per heavy atom. The van der Waals surface area contributed by atoms with Crippen LogP contribution in [0.1, 0.15) is 22.8 Å². The maximum absolute atomic E-state index is 12.5. The SMILES string of the molecule is Bc1cn2ncc(C(N)=O)c(N[C@@H]3CN(C(=O)OCc4ccccc4)C[C@@H]3C)c2n1. The van der Waals surface area contributed by atoms with Crippen LogP contribution in [0.4, 0.5) is 10.5 Å². The number of carbonyl (C=O) groups is 2. The van der Waals surface area contributed by atoms with E-state index >= 15 is 0 Å². The minimum Gasteiger partial charge on any atom is -0.445 e. The minimum absolute atomic E-state index is 0.0874. The maximum atomic E-state index is 12.5. The fourth-order valence-corrected chi connectivity index (χ4v) is 3.68. The Hall–Kier alpha value is -3.56. The average molecular weight is 406 g/mol. The lowest BCUT2D eigenvalue weighted by atomic mass is 10.1. The summed E-state index contributed by atoms with van der Waals surface area (Å²) in [4.78, 5) is 30.6. The van der Waals surface area contributed by atoms with Gasteiger partial charge in [-0.2, -0.15) is 5.10 Å². The minimum atomic E-state index is -0.585. The van der Waals surface area contributed by atoms with Crippen LogP contribution in [0.2, 0.25) is 0 Å². The highest BCUT2D eigenvalue weighted by molar-refractivity contribution is 6.30. The number of hydrogen-bond donors (Lipinski definition) is 2. The second-order valence-corrected chi connectivity index (χ2v) is 7.62. The third-order valence-electron chi connectivity index (χ3n) is 5.28. The average Bonchev–Trinajstić information content (AvgIpc) is 3.29. The molecule has 154 valence electrons. The van der Waals surface area contributed by atoms with Gasteiger partial charge in [-0.25, -0.2) is 14.3 Å². The van der Waals surface area contributed by atoms with Crippen LogP contribution in [-0.4, -0.2) is 58.5 Å². The van der Waals surface area contributed by atoms with Crippen LogP contribution in [0.15, 0.2) is 42.7 Å². The molecule has 2 amide bonds. The van der Waals surface area contributed by atoms with Crippen LogP contribution in [0.3, 0.4) is 0 Å². The summed E-state index contributed by atoms with van der Waals surface area (Å²) in [6.07, 6.45) is 2.85. The molecule has 1 fully saturated rings. The highest BCUT2D eigenvalue weighted by atomic mass is 16.6. The van der Waals surface area contributed by atoms with Crippen molar-refractivity contribution in [3.63, 3.8) is 0 Å². The van der Waals surface area contributed by atoms with Crippen molar-refractivity contribution in [1.82, 2.24) is 19.5 Å². The number of imidazole rings is 1. The Labute approximate surface area is 174 Å². The summed E-state index contributed by atoms with van der Waals surface area (Å²) in [6.45, 7) is 3.27. The standard InChI is InChI=1S/C20H23BN6O3/c1-12-8-26(20(29)30-11-13-5-3-2-4-6-13)9-15(12)24-17-14(18(22)28)7-23-27-10-16(21)25-19(17)27/h2-7,10,12,15,24H,8-9,11,21H2,1H3,(H2,22,28)/t12-,15+/m0/s1. The molecular formula is C20H23BN6O3. The third-order valence-corrected chi connectivity index (χ3v) is 5.28. The van der Waals surface area contributed by atoms with Gasteiger partial charge in [0, 0.05) is 30.9 Å². The lowest BCUT2D eigenvalue weighted by molar-refractivity contribution is 0.0998. The Balaban J connectivity index is 1.49. The topological polar surface area (TPSA) is 115 Å². The molecule has 2 atom stereocenters. The molecule has 0 bridgehead atoms. The van der Waals surface area contributed by atoms with Crippen molar-refractivity contribution < 1.29 is 14.3 Å². The molecule has 0 saturated carbocycles. The molecule has 3 N–H and O–H groups in total. The molecule has 1 saturated heterocycles. The molecule has 1 aromatic carbocycles. The summed E-state index contributed by atoms with van der Waals surface area (Å²) in [5, 5.41) is 7.58. The molecule has 9 nitrogen and oxygen atoms in total. The number of amides is 2. The van der Waals surface area contributed by atoms with Gasteiger partial charge in [0.25, 0.3) is 5.91 Å². The van der Waals surface area contributed by atoms with Gasteiger partial charge in [-0.3, -0.25) is 4.79 Å². The van der Waals surface area contributed by atoms with Gasteiger partial charge in [-0.05, 0) is 11.5 Å². The largest absolute Gasteiger partial charge is 0.445 e. The van der Waals surface area contributed by atoms with E-state index in [2.05, 4.69) is 15.4 Å². The first-order chi connectivity index (χ1) is 14.4. The van der Waals surface area contributed by atoms with E-state index in [0.717, 1.165) is 11.2 Å². The van der Waals surface area contributed by atoms with Crippen LogP contribution in [0, 0.1) is 5.92 Å². The fraction of sp³-hybridized carbons (Fsp3) is 0.300. The van der Waals surface area contributed by atoms with E-state index < -0.39 is 5.91 Å². The number of fused-ring (bicyclic) bond motifs is 1. The van der Waals surface area contributed by atoms with Gasteiger partial charge in [0.1, 0.15) is 6.61 Å². The first kappa shape index (κ1) is 19.7. The van der Waals surface area contributed by atoms with Gasteiger partial charge >= 0.3 is 6.09 Å². The number of nitrogens with zero attached hydrogens (tertiary/aromatic N) is 4. The number of likely N-dealkylation sites (tertiary alicyclic amines) is 1. The molecule has 1 aliphatic rings. The number of ether oxygens (including phenoxy) is 1. The van der Waals surface area contributed by atoms with E-state index in [4.69, 9.17) is 10.5 Å². The number of aromatic nitrogens is 3. The van der Waals surface area contributed by atoms with E-state index in [1.165, 1.54) is 6.20 Å². The second-order valence-electron chi connectivity index (χ2n) is 7.62. The van der Waals surface area contributed by atoms with Gasteiger partial charge in [-0.15, -0.1) is 0 Å². The zero-order valence-electron chi connectivity index (χ0n) is 16.9. The molecule has 30 heavy (non-hydrogen) atoms. The molecule has 10 heteroatoms. The van der Waals surface area contributed by atoms with Gasteiger partial charge in [0.2, 0.25) is 0 Å². The highest BCUT2D eigenvalue weighted by Gasteiger charge is 2.34. The lowest BCUT2D eigenvalue weighted by Gasteiger charge is -2.20. The lowest BCUT2D eigenvalue weighted by Crippen LogP contribution is -2.33. The number of hydrogen-bond acceptors (Lipinski definition) is 6. The van der Waals surface area contributed by atoms with Crippen LogP contribution >= 0.6 is 0 Å². The predicted octanol–water partition coefficient (Wildman–Crippen LogP) is 0.156. The summed E-state index contributed by atoms with van der Waals surface area (Å²) in [6, 6.07) is 9.47. The number of rotatable bonds is 5. The first-order valence-electron chi connectivity index (χ1n) is 9.79. The van der Waals surface area contributed by atoms with E-state index in [1.54, 1.807) is 15.6 Å². The molecule has 2 aromatic heterocycles. The fourth-order valence-electron chi connectivity index (χ4n) is 3.68.